The number of aliphatic imine (C=N–C) groups is 1. The van der Waals surface area contributed by atoms with Gasteiger partial charge in [0.05, 0.1) is 12.5 Å². The average Bonchev–Trinajstić information content (AvgIpc) is 3.40. The Kier molecular flexibility index (Phi) is 12.4. The highest BCUT2D eigenvalue weighted by atomic mass is 16.4. The van der Waals surface area contributed by atoms with E-state index in [-0.39, 0.29) is 38.2 Å². The molecule has 0 bridgehead atoms. The van der Waals surface area contributed by atoms with Crippen LogP contribution in [-0.2, 0) is 36.8 Å². The fraction of sp³-hybridized carbons (Fsp3) is 0.333. The first-order valence-corrected chi connectivity index (χ1v) is 14.3. The summed E-state index contributed by atoms with van der Waals surface area (Å²) in [6, 6.07) is 11.2. The number of carbonyl (C=O) groups excluding carboxylic acids is 4. The predicted octanol–water partition coefficient (Wildman–Crippen LogP) is -1.25. The maximum atomic E-state index is 13.8. The smallest absolute Gasteiger partial charge is 0.326 e. The third-order valence-corrected chi connectivity index (χ3v) is 6.97. The molecule has 0 saturated carbocycles. The Morgan fingerprint density at radius 3 is 2.04 bits per heavy atom. The van der Waals surface area contributed by atoms with E-state index >= 15 is 0 Å². The summed E-state index contributed by atoms with van der Waals surface area (Å²) in [7, 11) is 0. The summed E-state index contributed by atoms with van der Waals surface area (Å²) in [5.41, 5.74) is 23.9. The summed E-state index contributed by atoms with van der Waals surface area (Å²) in [6.07, 6.45) is 1.59. The zero-order chi connectivity index (χ0) is 32.9. The third-order valence-electron chi connectivity index (χ3n) is 6.97. The van der Waals surface area contributed by atoms with Gasteiger partial charge in [0, 0.05) is 36.5 Å². The lowest BCUT2D eigenvalue weighted by molar-refractivity contribution is -0.142. The lowest BCUT2D eigenvalue weighted by Gasteiger charge is -2.25. The van der Waals surface area contributed by atoms with Crippen LogP contribution in [0.3, 0.4) is 0 Å². The molecular formula is C30H39N9O6. The minimum atomic E-state index is -1.31. The van der Waals surface area contributed by atoms with Gasteiger partial charge in [0.15, 0.2) is 5.96 Å². The van der Waals surface area contributed by atoms with Crippen molar-refractivity contribution in [2.45, 2.75) is 56.3 Å². The molecule has 1 aromatic heterocycles. The van der Waals surface area contributed by atoms with Crippen molar-refractivity contribution >= 4 is 46.5 Å². The normalized spacial score (nSPS) is 13.5. The number of aromatic nitrogens is 1. The Bertz CT molecular complexity index is 1520. The van der Waals surface area contributed by atoms with Crippen LogP contribution in [0.1, 0.15) is 30.4 Å². The molecule has 2 aromatic carbocycles. The van der Waals surface area contributed by atoms with Gasteiger partial charge in [-0.05, 0) is 30.0 Å². The third kappa shape index (κ3) is 10.7. The number of carboxylic acid groups (broad SMARTS) is 1. The molecule has 15 heteroatoms. The molecule has 13 N–H and O–H groups in total. The van der Waals surface area contributed by atoms with Crippen LogP contribution in [0.2, 0.25) is 0 Å². The van der Waals surface area contributed by atoms with Crippen molar-refractivity contribution in [3.8, 4) is 0 Å². The van der Waals surface area contributed by atoms with Crippen molar-refractivity contribution in [3.63, 3.8) is 0 Å². The summed E-state index contributed by atoms with van der Waals surface area (Å²) in [5.74, 6) is -4.46. The minimum absolute atomic E-state index is 0.00704. The van der Waals surface area contributed by atoms with E-state index in [2.05, 4.69) is 25.9 Å². The molecule has 3 rings (SSSR count). The highest BCUT2D eigenvalue weighted by Gasteiger charge is 2.31. The van der Waals surface area contributed by atoms with E-state index in [0.29, 0.717) is 11.1 Å². The first-order valence-electron chi connectivity index (χ1n) is 14.3. The van der Waals surface area contributed by atoms with Crippen molar-refractivity contribution < 1.29 is 29.1 Å². The Morgan fingerprint density at radius 1 is 0.800 bits per heavy atom. The number of aliphatic carboxylic acids is 1. The van der Waals surface area contributed by atoms with Gasteiger partial charge in [-0.25, -0.2) is 4.79 Å². The van der Waals surface area contributed by atoms with Crippen LogP contribution in [0.15, 0.2) is 65.8 Å². The first-order chi connectivity index (χ1) is 21.4. The summed E-state index contributed by atoms with van der Waals surface area (Å²) >= 11 is 0. The van der Waals surface area contributed by atoms with E-state index in [0.717, 1.165) is 10.9 Å². The minimum Gasteiger partial charge on any atom is -0.480 e. The number of fused-ring (bicyclic) bond motifs is 1. The molecule has 0 aliphatic rings. The number of aromatic amines is 1. The van der Waals surface area contributed by atoms with Gasteiger partial charge in [-0.15, -0.1) is 0 Å². The molecule has 4 atom stereocenters. The van der Waals surface area contributed by atoms with Crippen molar-refractivity contribution in [1.82, 2.24) is 20.9 Å². The number of para-hydroxylation sites is 1. The molecule has 1 heterocycles. The van der Waals surface area contributed by atoms with Crippen molar-refractivity contribution in [2.24, 2.45) is 27.9 Å². The maximum Gasteiger partial charge on any atom is 0.326 e. The summed E-state index contributed by atoms with van der Waals surface area (Å²) in [5, 5.41) is 18.3. The Hall–Kier alpha value is -5.44. The zero-order valence-electron chi connectivity index (χ0n) is 24.6. The van der Waals surface area contributed by atoms with E-state index in [1.807, 2.05) is 24.3 Å². The van der Waals surface area contributed by atoms with Crippen molar-refractivity contribution in [1.29, 1.82) is 0 Å². The van der Waals surface area contributed by atoms with Gasteiger partial charge >= 0.3 is 5.97 Å². The maximum absolute atomic E-state index is 13.8. The van der Waals surface area contributed by atoms with Crippen molar-refractivity contribution in [3.05, 3.63) is 71.9 Å². The summed E-state index contributed by atoms with van der Waals surface area (Å²) in [6.45, 7) is 0.166. The predicted molar refractivity (Wildman–Crippen MR) is 167 cm³/mol. The van der Waals surface area contributed by atoms with Gasteiger partial charge in [0.2, 0.25) is 23.6 Å². The SMILES string of the molecule is NC(=O)CC(N)C(=O)NC(Cc1c[nH]c2ccccc12)C(=O)NC(Cc1ccccc1)C(=O)NC(CCCN=C(N)N)C(=O)O. The molecule has 3 aromatic rings. The number of rotatable bonds is 17. The molecule has 240 valence electrons. The molecule has 0 aliphatic heterocycles. The van der Waals surface area contributed by atoms with Crippen LogP contribution in [0.25, 0.3) is 10.9 Å². The van der Waals surface area contributed by atoms with E-state index in [9.17, 15) is 29.1 Å². The number of nitrogens with two attached hydrogens (primary N) is 4. The van der Waals surface area contributed by atoms with Crippen LogP contribution in [0.5, 0.6) is 0 Å². The Morgan fingerprint density at radius 2 is 1.40 bits per heavy atom. The number of benzene rings is 2. The number of guanidine groups is 1. The second kappa shape index (κ2) is 16.4. The molecular weight excluding hydrogens is 582 g/mol. The van der Waals surface area contributed by atoms with Crippen molar-refractivity contribution in [2.75, 3.05) is 6.54 Å². The van der Waals surface area contributed by atoms with Gasteiger partial charge in [0.1, 0.15) is 18.1 Å². The lowest BCUT2D eigenvalue weighted by atomic mass is 10.0. The molecule has 4 unspecified atom stereocenters. The first kappa shape index (κ1) is 34.1. The number of carbonyl (C=O) groups is 5. The number of H-pyrrole nitrogens is 1. The highest BCUT2D eigenvalue weighted by Crippen LogP contribution is 2.19. The number of primary amides is 1. The number of amides is 4. The monoisotopic (exact) mass is 621 g/mol. The number of hydrogen-bond donors (Lipinski definition) is 9. The number of nitrogens with one attached hydrogen (secondary N) is 4. The lowest BCUT2D eigenvalue weighted by Crippen LogP contribution is -2.58. The quantitative estimate of drug-likeness (QED) is 0.0494. The standard InChI is InChI=1S/C30H39N9O6/c31-20(15-25(32)40)26(41)38-24(14-18-16-36-21-10-5-4-9-19(18)21)28(43)39-23(13-17-7-2-1-3-8-17)27(42)37-22(29(44)45)11-6-12-35-30(33)34/h1-5,7-10,16,20,22-24,36H,6,11-15,31H2,(H2,32,40)(H,37,42)(H,38,41)(H,39,43)(H,44,45)(H4,33,34,35). The summed E-state index contributed by atoms with van der Waals surface area (Å²) < 4.78 is 0. The largest absolute Gasteiger partial charge is 0.480 e. The van der Waals surface area contributed by atoms with Gasteiger partial charge in [-0.1, -0.05) is 48.5 Å². The van der Waals surface area contributed by atoms with E-state index in [4.69, 9.17) is 22.9 Å². The fourth-order valence-electron chi connectivity index (χ4n) is 4.68. The Labute approximate surface area is 259 Å². The van der Waals surface area contributed by atoms with Crippen LogP contribution >= 0.6 is 0 Å². The zero-order valence-corrected chi connectivity index (χ0v) is 24.6. The highest BCUT2D eigenvalue weighted by molar-refractivity contribution is 5.95. The average molecular weight is 622 g/mol. The van der Waals surface area contributed by atoms with E-state index < -0.39 is 60.2 Å². The Balaban J connectivity index is 1.86. The van der Waals surface area contributed by atoms with E-state index in [1.54, 1.807) is 36.5 Å². The molecule has 0 fully saturated rings. The van der Waals surface area contributed by atoms with Crippen LogP contribution in [-0.4, -0.2) is 76.4 Å². The molecule has 0 aliphatic carbocycles. The summed E-state index contributed by atoms with van der Waals surface area (Å²) in [4.78, 5) is 70.4. The number of nitrogens with zero attached hydrogens (tertiary/aromatic N) is 1. The second-order valence-corrected chi connectivity index (χ2v) is 10.5. The molecule has 4 amide bonds. The van der Waals surface area contributed by atoms with Crippen LogP contribution in [0, 0.1) is 0 Å². The van der Waals surface area contributed by atoms with Gasteiger partial charge in [-0.3, -0.25) is 24.2 Å². The number of carboxylic acids is 1. The van der Waals surface area contributed by atoms with Gasteiger partial charge < -0.3 is 49.0 Å². The topological polar surface area (TPSA) is 274 Å². The van der Waals surface area contributed by atoms with Gasteiger partial charge in [-0.2, -0.15) is 0 Å². The second-order valence-electron chi connectivity index (χ2n) is 10.5. The molecule has 45 heavy (non-hydrogen) atoms. The molecule has 0 radical (unpaired) electrons. The van der Waals surface area contributed by atoms with Crippen LogP contribution < -0.4 is 38.9 Å². The fourth-order valence-corrected chi connectivity index (χ4v) is 4.68. The molecule has 0 spiro atoms. The molecule has 15 nitrogen and oxygen atoms in total. The molecule has 0 saturated heterocycles. The van der Waals surface area contributed by atoms with Crippen LogP contribution in [0.4, 0.5) is 0 Å². The van der Waals surface area contributed by atoms with Gasteiger partial charge in [0.25, 0.3) is 0 Å². The van der Waals surface area contributed by atoms with E-state index in [1.165, 1.54) is 0 Å². The number of hydrogen-bond acceptors (Lipinski definition) is 7.